The fraction of sp³-hybridized carbons (Fsp3) is 0.596. The number of rotatable bonds is 10. The van der Waals surface area contributed by atoms with Crippen LogP contribution in [-0.4, -0.2) is 36.2 Å². The van der Waals surface area contributed by atoms with Gasteiger partial charge in [-0.05, 0) is 134 Å². The summed E-state index contributed by atoms with van der Waals surface area (Å²) >= 11 is 0. The number of fused-ring (bicyclic) bond motifs is 1. The van der Waals surface area contributed by atoms with Gasteiger partial charge in [0.15, 0.2) is 0 Å². The van der Waals surface area contributed by atoms with Crippen LogP contribution in [0.4, 0.5) is 0 Å². The SMILES string of the molecule is CC.CC1CCC(c2ccc(C(=O)OC3C(C)C4C3C(OC(=O)c3ccc(C5CCCCC5)cc3)C4C3C[C@H]3OC(=O)c3ccc(C4CCCCC4)cc3)cc2)CC1. The van der Waals surface area contributed by atoms with Gasteiger partial charge in [-0.1, -0.05) is 115 Å². The first-order valence-corrected chi connectivity index (χ1v) is 23.2. The summed E-state index contributed by atoms with van der Waals surface area (Å²) in [5.74, 6) is 2.02. The molecule has 3 aromatic carbocycles. The van der Waals surface area contributed by atoms with Crippen molar-refractivity contribution in [3.63, 3.8) is 0 Å². The van der Waals surface area contributed by atoms with Crippen molar-refractivity contribution in [2.45, 2.75) is 160 Å². The van der Waals surface area contributed by atoms with Crippen LogP contribution in [0.2, 0.25) is 0 Å². The van der Waals surface area contributed by atoms with Crippen LogP contribution in [0.1, 0.15) is 190 Å². The molecule has 0 aromatic heterocycles. The average Bonchev–Trinajstić information content (AvgIpc) is 4.03. The standard InChI is InChI=1S/C50H60O6.C2H6/c1-30-13-15-34(16-14-30)37-21-27-39(28-22-37)49(52)55-46-31(2)43-44(41-29-42(41)54-48(51)38-23-17-35(18-24-38)32-9-5-3-6-10-32)47(45(43)46)56-50(53)40-25-19-36(20-26-40)33-11-7-4-8-12-33;1-2/h17-28,30-34,41-47H,3-16,29H2,1-2H3;1-2H3/t30?,31?,34?,41?,42-,43?,44?,45?,46?,47?;/m1./s1. The lowest BCUT2D eigenvalue weighted by molar-refractivity contribution is -0.264. The number of benzene rings is 3. The van der Waals surface area contributed by atoms with Crippen molar-refractivity contribution >= 4 is 17.9 Å². The number of hydrogen-bond donors (Lipinski definition) is 0. The molecule has 0 bridgehead atoms. The molecule has 6 aliphatic rings. The quantitative estimate of drug-likeness (QED) is 0.150. The van der Waals surface area contributed by atoms with E-state index in [4.69, 9.17) is 14.2 Å². The Kier molecular flexibility index (Phi) is 12.8. The van der Waals surface area contributed by atoms with Gasteiger partial charge < -0.3 is 14.2 Å². The molecule has 6 saturated carbocycles. The molecule has 0 radical (unpaired) electrons. The van der Waals surface area contributed by atoms with E-state index in [-0.39, 0.29) is 59.7 Å². The van der Waals surface area contributed by atoms with Gasteiger partial charge >= 0.3 is 17.9 Å². The first kappa shape index (κ1) is 40.8. The normalized spacial score (nSPS) is 31.9. The first-order chi connectivity index (χ1) is 28.3. The Morgan fingerprint density at radius 2 is 0.845 bits per heavy atom. The summed E-state index contributed by atoms with van der Waals surface area (Å²) in [5.41, 5.74) is 5.64. The van der Waals surface area contributed by atoms with E-state index in [2.05, 4.69) is 50.2 Å². The summed E-state index contributed by atoms with van der Waals surface area (Å²) in [4.78, 5) is 40.7. The Balaban J connectivity index is 0.00000231. The van der Waals surface area contributed by atoms with Crippen LogP contribution < -0.4 is 0 Å². The lowest BCUT2D eigenvalue weighted by Gasteiger charge is -2.65. The third kappa shape index (κ3) is 8.54. The fourth-order valence-electron chi connectivity index (χ4n) is 11.7. The van der Waals surface area contributed by atoms with E-state index in [1.54, 1.807) is 0 Å². The van der Waals surface area contributed by atoms with Crippen molar-refractivity contribution in [2.24, 2.45) is 35.5 Å². The monoisotopic (exact) mass is 786 g/mol. The van der Waals surface area contributed by atoms with Crippen molar-refractivity contribution in [3.8, 4) is 0 Å². The van der Waals surface area contributed by atoms with Gasteiger partial charge in [0.25, 0.3) is 0 Å². The van der Waals surface area contributed by atoms with E-state index in [0.717, 1.165) is 12.3 Å². The van der Waals surface area contributed by atoms with Crippen LogP contribution in [0.15, 0.2) is 72.8 Å². The Morgan fingerprint density at radius 3 is 1.29 bits per heavy atom. The molecule has 9 rings (SSSR count). The van der Waals surface area contributed by atoms with Crippen molar-refractivity contribution in [1.82, 2.24) is 0 Å². The lowest BCUT2D eigenvalue weighted by Crippen LogP contribution is -2.72. The van der Waals surface area contributed by atoms with Gasteiger partial charge in [0.2, 0.25) is 0 Å². The Labute approximate surface area is 347 Å². The van der Waals surface area contributed by atoms with Gasteiger partial charge in [-0.2, -0.15) is 0 Å². The highest BCUT2D eigenvalue weighted by molar-refractivity contribution is 5.91. The van der Waals surface area contributed by atoms with Gasteiger partial charge in [0.05, 0.1) is 16.7 Å². The minimum Gasteiger partial charge on any atom is -0.458 e. The van der Waals surface area contributed by atoms with Crippen LogP contribution in [0, 0.1) is 35.5 Å². The molecule has 0 N–H and O–H groups in total. The van der Waals surface area contributed by atoms with Gasteiger partial charge in [-0.25, -0.2) is 14.4 Å². The molecule has 0 amide bonds. The van der Waals surface area contributed by atoms with E-state index >= 15 is 0 Å². The van der Waals surface area contributed by atoms with Crippen LogP contribution in [0.25, 0.3) is 0 Å². The summed E-state index contributed by atoms with van der Waals surface area (Å²) in [6, 6.07) is 24.1. The van der Waals surface area contributed by atoms with E-state index in [9.17, 15) is 14.4 Å². The van der Waals surface area contributed by atoms with Crippen molar-refractivity contribution in [2.75, 3.05) is 0 Å². The molecule has 0 spiro atoms. The van der Waals surface area contributed by atoms with Gasteiger partial charge in [0.1, 0.15) is 18.3 Å². The van der Waals surface area contributed by atoms with Crippen LogP contribution in [0.3, 0.4) is 0 Å². The van der Waals surface area contributed by atoms with E-state index in [0.29, 0.717) is 34.4 Å². The maximum atomic E-state index is 13.8. The molecular weight excluding hydrogens is 721 g/mol. The second-order valence-corrected chi connectivity index (χ2v) is 18.7. The van der Waals surface area contributed by atoms with Crippen LogP contribution in [0.5, 0.6) is 0 Å². The smallest absolute Gasteiger partial charge is 0.338 e. The summed E-state index contributed by atoms with van der Waals surface area (Å²) in [5, 5.41) is 0. The molecular formula is C52H66O6. The van der Waals surface area contributed by atoms with Crippen molar-refractivity contribution in [1.29, 1.82) is 0 Å². The molecule has 6 fully saturated rings. The van der Waals surface area contributed by atoms with E-state index in [1.165, 1.54) is 107 Å². The predicted octanol–water partition coefficient (Wildman–Crippen LogP) is 12.6. The van der Waals surface area contributed by atoms with Crippen molar-refractivity contribution in [3.05, 3.63) is 106 Å². The minimum atomic E-state index is -0.404. The molecule has 0 heterocycles. The Bertz CT molecular complexity index is 1840. The zero-order valence-corrected chi connectivity index (χ0v) is 35.4. The predicted molar refractivity (Wildman–Crippen MR) is 228 cm³/mol. The fourth-order valence-corrected chi connectivity index (χ4v) is 11.7. The van der Waals surface area contributed by atoms with Gasteiger partial charge in [-0.15, -0.1) is 0 Å². The lowest BCUT2D eigenvalue weighted by atomic mass is 9.43. The first-order valence-electron chi connectivity index (χ1n) is 23.2. The van der Waals surface area contributed by atoms with Gasteiger partial charge in [-0.3, -0.25) is 0 Å². The maximum absolute atomic E-state index is 13.8. The molecule has 0 saturated heterocycles. The zero-order chi connectivity index (χ0) is 40.3. The number of carbonyl (C=O) groups is 3. The summed E-state index contributed by atoms with van der Waals surface area (Å²) in [6.07, 6.45) is 17.3. The largest absolute Gasteiger partial charge is 0.458 e. The number of ether oxygens (including phenoxy) is 3. The minimum absolute atomic E-state index is 0.0550. The highest BCUT2D eigenvalue weighted by Crippen LogP contribution is 2.66. The molecule has 7 unspecified atom stereocenters. The highest BCUT2D eigenvalue weighted by atomic mass is 16.6. The topological polar surface area (TPSA) is 78.9 Å². The molecule has 310 valence electrons. The molecule has 8 atom stereocenters. The Morgan fingerprint density at radius 1 is 0.448 bits per heavy atom. The average molecular weight is 787 g/mol. The van der Waals surface area contributed by atoms with E-state index in [1.807, 2.05) is 50.2 Å². The zero-order valence-electron chi connectivity index (χ0n) is 35.4. The summed E-state index contributed by atoms with van der Waals surface area (Å²) in [6.45, 7) is 8.49. The number of carbonyl (C=O) groups excluding carboxylic acids is 3. The van der Waals surface area contributed by atoms with Crippen molar-refractivity contribution < 1.29 is 28.6 Å². The summed E-state index contributed by atoms with van der Waals surface area (Å²) in [7, 11) is 0. The number of esters is 3. The number of hydrogen-bond acceptors (Lipinski definition) is 6. The van der Waals surface area contributed by atoms with E-state index < -0.39 is 6.10 Å². The van der Waals surface area contributed by atoms with Gasteiger partial charge in [0, 0.05) is 17.8 Å². The van der Waals surface area contributed by atoms with Crippen LogP contribution >= 0.6 is 0 Å². The third-order valence-corrected chi connectivity index (χ3v) is 15.2. The Hall–Kier alpha value is -3.93. The highest BCUT2D eigenvalue weighted by Gasteiger charge is 2.72. The molecule has 3 aromatic rings. The molecule has 6 heteroatoms. The second kappa shape index (κ2) is 18.1. The molecule has 58 heavy (non-hydrogen) atoms. The van der Waals surface area contributed by atoms with Crippen LogP contribution in [-0.2, 0) is 14.2 Å². The molecule has 6 aliphatic carbocycles. The second-order valence-electron chi connectivity index (χ2n) is 18.7. The maximum Gasteiger partial charge on any atom is 0.338 e. The summed E-state index contributed by atoms with van der Waals surface area (Å²) < 4.78 is 18.8. The third-order valence-electron chi connectivity index (χ3n) is 15.2. The molecule has 6 nitrogen and oxygen atoms in total. The molecule has 0 aliphatic heterocycles.